The van der Waals surface area contributed by atoms with Crippen LogP contribution in [0.3, 0.4) is 0 Å². The molecule has 156 valence electrons. The number of carbonyl (C=O) groups is 1. The van der Waals surface area contributed by atoms with Gasteiger partial charge in [-0.1, -0.05) is 0 Å². The fourth-order valence-corrected chi connectivity index (χ4v) is 3.40. The van der Waals surface area contributed by atoms with Gasteiger partial charge in [-0.15, -0.1) is 0 Å². The van der Waals surface area contributed by atoms with Gasteiger partial charge in [0.2, 0.25) is 11.7 Å². The summed E-state index contributed by atoms with van der Waals surface area (Å²) >= 11 is 0. The first kappa shape index (κ1) is 20.7. The van der Waals surface area contributed by atoms with Crippen molar-refractivity contribution in [3.05, 3.63) is 23.9 Å². The minimum absolute atomic E-state index is 0.0582. The second-order valence-electron chi connectivity index (χ2n) is 6.71. The number of carbonyl (C=O) groups excluding carboxylic acids is 1. The summed E-state index contributed by atoms with van der Waals surface area (Å²) < 4.78 is 16.2. The number of amides is 1. The van der Waals surface area contributed by atoms with Gasteiger partial charge in [-0.3, -0.25) is 10.0 Å². The Hall–Kier alpha value is -3.07. The molecule has 1 amide bonds. The summed E-state index contributed by atoms with van der Waals surface area (Å²) in [7, 11) is 4.63. The normalized spacial score (nSPS) is 13.7. The van der Waals surface area contributed by atoms with Crippen LogP contribution in [0.15, 0.2) is 18.2 Å². The number of aromatic nitrogens is 2. The molecule has 9 nitrogen and oxygen atoms in total. The maximum absolute atomic E-state index is 11.7. The molecule has 1 aliphatic rings. The number of hydrogen-bond acceptors (Lipinski definition) is 8. The Morgan fingerprint density at radius 3 is 2.24 bits per heavy atom. The molecule has 0 unspecified atom stereocenters. The van der Waals surface area contributed by atoms with Crippen LogP contribution in [0.1, 0.15) is 25.0 Å². The van der Waals surface area contributed by atoms with E-state index in [-0.39, 0.29) is 6.42 Å². The topological polar surface area (TPSA) is 106 Å². The van der Waals surface area contributed by atoms with Crippen molar-refractivity contribution in [3.8, 4) is 28.6 Å². The average molecular weight is 402 g/mol. The van der Waals surface area contributed by atoms with Crippen molar-refractivity contribution in [2.75, 3.05) is 39.3 Å². The average Bonchev–Trinajstić information content (AvgIpc) is 2.78. The summed E-state index contributed by atoms with van der Waals surface area (Å²) in [6, 6.07) is 5.33. The van der Waals surface area contributed by atoms with Crippen molar-refractivity contribution in [2.45, 2.75) is 25.7 Å². The molecule has 1 aromatic heterocycles. The van der Waals surface area contributed by atoms with Crippen LogP contribution in [0.4, 0.5) is 5.82 Å². The molecule has 1 aliphatic heterocycles. The number of ether oxygens (including phenoxy) is 3. The predicted molar refractivity (Wildman–Crippen MR) is 107 cm³/mol. The molecule has 0 atom stereocenters. The minimum Gasteiger partial charge on any atom is -0.493 e. The molecule has 29 heavy (non-hydrogen) atoms. The van der Waals surface area contributed by atoms with E-state index in [9.17, 15) is 4.79 Å². The zero-order valence-corrected chi connectivity index (χ0v) is 16.9. The molecule has 9 heteroatoms. The molecule has 0 bridgehead atoms. The monoisotopic (exact) mass is 402 g/mol. The van der Waals surface area contributed by atoms with E-state index in [1.807, 2.05) is 0 Å². The number of anilines is 1. The molecule has 0 saturated carbocycles. The number of nitrogens with one attached hydrogen (secondary N) is 1. The SMILES string of the molecule is COc1cc(-c2nc(CC(=O)NO)cc(N3CCCCC3)n2)cc(OC)c1OC. The van der Waals surface area contributed by atoms with E-state index in [0.29, 0.717) is 34.3 Å². The highest BCUT2D eigenvalue weighted by molar-refractivity contribution is 5.77. The van der Waals surface area contributed by atoms with Gasteiger partial charge in [-0.25, -0.2) is 15.4 Å². The summed E-state index contributed by atoms with van der Waals surface area (Å²) in [6.07, 6.45) is 3.32. The minimum atomic E-state index is -0.538. The number of nitrogens with zero attached hydrogens (tertiary/aromatic N) is 3. The second-order valence-corrected chi connectivity index (χ2v) is 6.71. The third-order valence-corrected chi connectivity index (χ3v) is 4.84. The maximum atomic E-state index is 11.7. The van der Waals surface area contributed by atoms with Gasteiger partial charge in [0.15, 0.2) is 17.3 Å². The van der Waals surface area contributed by atoms with Gasteiger partial charge in [0.25, 0.3) is 0 Å². The fourth-order valence-electron chi connectivity index (χ4n) is 3.40. The maximum Gasteiger partial charge on any atom is 0.249 e. The quantitative estimate of drug-likeness (QED) is 0.536. The van der Waals surface area contributed by atoms with Crippen LogP contribution in [0.5, 0.6) is 17.2 Å². The van der Waals surface area contributed by atoms with Crippen molar-refractivity contribution in [1.29, 1.82) is 0 Å². The van der Waals surface area contributed by atoms with E-state index >= 15 is 0 Å². The van der Waals surface area contributed by atoms with E-state index in [4.69, 9.17) is 24.4 Å². The number of benzene rings is 1. The summed E-state index contributed by atoms with van der Waals surface area (Å²) in [5, 5.41) is 8.89. The summed E-state index contributed by atoms with van der Waals surface area (Å²) in [5.41, 5.74) is 2.83. The Bertz CT molecular complexity index is 843. The first-order valence-corrected chi connectivity index (χ1v) is 9.45. The molecule has 2 aromatic rings. The van der Waals surface area contributed by atoms with Gasteiger partial charge in [-0.2, -0.15) is 0 Å². The zero-order valence-electron chi connectivity index (χ0n) is 16.9. The Balaban J connectivity index is 2.09. The van der Waals surface area contributed by atoms with Gasteiger partial charge < -0.3 is 19.1 Å². The van der Waals surface area contributed by atoms with Crippen molar-refractivity contribution < 1.29 is 24.2 Å². The molecule has 1 saturated heterocycles. The van der Waals surface area contributed by atoms with Gasteiger partial charge in [0.05, 0.1) is 33.4 Å². The van der Waals surface area contributed by atoms with Crippen LogP contribution >= 0.6 is 0 Å². The molecule has 2 N–H and O–H groups in total. The molecule has 1 aromatic carbocycles. The summed E-state index contributed by atoms with van der Waals surface area (Å²) in [6.45, 7) is 1.80. The third-order valence-electron chi connectivity index (χ3n) is 4.84. The summed E-state index contributed by atoms with van der Waals surface area (Å²) in [4.78, 5) is 23.2. The molecule has 0 radical (unpaired) electrons. The molecular formula is C20H26N4O5. The van der Waals surface area contributed by atoms with Gasteiger partial charge in [0.1, 0.15) is 5.82 Å². The van der Waals surface area contributed by atoms with E-state index < -0.39 is 5.91 Å². The lowest BCUT2D eigenvalue weighted by Crippen LogP contribution is -2.30. The van der Waals surface area contributed by atoms with E-state index in [1.54, 1.807) is 45.0 Å². The van der Waals surface area contributed by atoms with Gasteiger partial charge in [0, 0.05) is 24.7 Å². The van der Waals surface area contributed by atoms with Gasteiger partial charge >= 0.3 is 0 Å². The largest absolute Gasteiger partial charge is 0.493 e. The first-order valence-electron chi connectivity index (χ1n) is 9.45. The highest BCUT2D eigenvalue weighted by Gasteiger charge is 2.19. The lowest BCUT2D eigenvalue weighted by molar-refractivity contribution is -0.128. The van der Waals surface area contributed by atoms with Crippen LogP contribution in [0, 0.1) is 0 Å². The molecule has 1 fully saturated rings. The van der Waals surface area contributed by atoms with Gasteiger partial charge in [-0.05, 0) is 31.4 Å². The van der Waals surface area contributed by atoms with Crippen molar-refractivity contribution in [1.82, 2.24) is 15.4 Å². The number of methoxy groups -OCH3 is 3. The lowest BCUT2D eigenvalue weighted by Gasteiger charge is -2.28. The highest BCUT2D eigenvalue weighted by Crippen LogP contribution is 2.40. The van der Waals surface area contributed by atoms with Crippen molar-refractivity contribution in [3.63, 3.8) is 0 Å². The third kappa shape index (κ3) is 4.68. The highest BCUT2D eigenvalue weighted by atomic mass is 16.5. The fraction of sp³-hybridized carbons (Fsp3) is 0.450. The van der Waals surface area contributed by atoms with E-state index in [0.717, 1.165) is 31.7 Å². The lowest BCUT2D eigenvalue weighted by atomic mass is 10.1. The Morgan fingerprint density at radius 1 is 1.03 bits per heavy atom. The molecular weight excluding hydrogens is 376 g/mol. The Labute approximate surface area is 169 Å². The van der Waals surface area contributed by atoms with E-state index in [2.05, 4.69) is 9.88 Å². The number of rotatable bonds is 7. The predicted octanol–water partition coefficient (Wildman–Crippen LogP) is 2.21. The van der Waals surface area contributed by atoms with Crippen molar-refractivity contribution in [2.24, 2.45) is 0 Å². The number of hydrogen-bond donors (Lipinski definition) is 2. The van der Waals surface area contributed by atoms with Crippen molar-refractivity contribution >= 4 is 11.7 Å². The molecule has 3 rings (SSSR count). The van der Waals surface area contributed by atoms with E-state index in [1.165, 1.54) is 6.42 Å². The standard InChI is InChI=1S/C20H26N4O5/c1-27-15-9-13(10-16(28-2)19(15)29-3)20-21-14(12-18(25)23-26)11-17(22-20)24-7-5-4-6-8-24/h9-11,26H,4-8,12H2,1-3H3,(H,23,25). The summed E-state index contributed by atoms with van der Waals surface area (Å²) in [5.74, 6) is 2.11. The Morgan fingerprint density at radius 2 is 1.69 bits per heavy atom. The Kier molecular flexibility index (Phi) is 6.71. The first-order chi connectivity index (χ1) is 14.1. The number of hydroxylamine groups is 1. The number of piperidine rings is 1. The van der Waals surface area contributed by atoms with Crippen LogP contribution in [-0.2, 0) is 11.2 Å². The molecule has 0 aliphatic carbocycles. The zero-order chi connectivity index (χ0) is 20.8. The second kappa shape index (κ2) is 9.42. The molecule has 2 heterocycles. The van der Waals surface area contributed by atoms with Crippen LogP contribution in [0.25, 0.3) is 11.4 Å². The molecule has 0 spiro atoms. The van der Waals surface area contributed by atoms with Crippen LogP contribution in [-0.4, -0.2) is 55.5 Å². The van der Waals surface area contributed by atoms with Crippen LogP contribution in [0.2, 0.25) is 0 Å². The smallest absolute Gasteiger partial charge is 0.249 e. The van der Waals surface area contributed by atoms with Crippen LogP contribution < -0.4 is 24.6 Å².